The van der Waals surface area contributed by atoms with Crippen LogP contribution in [0, 0.1) is 5.82 Å². The smallest absolute Gasteiger partial charge is 0.135 e. The maximum atomic E-state index is 13.8. The number of hydrogen-bond acceptors (Lipinski definition) is 3. The van der Waals surface area contributed by atoms with Crippen LogP contribution in [0.3, 0.4) is 0 Å². The van der Waals surface area contributed by atoms with Gasteiger partial charge in [0, 0.05) is 17.2 Å². The molecule has 0 heterocycles. The second kappa shape index (κ2) is 5.82. The Kier molecular flexibility index (Phi) is 4.14. The Morgan fingerprint density at radius 3 is 2.53 bits per heavy atom. The van der Waals surface area contributed by atoms with Gasteiger partial charge in [-0.25, -0.2) is 4.39 Å². The van der Waals surface area contributed by atoms with E-state index in [2.05, 4.69) is 0 Å². The van der Waals surface area contributed by atoms with Crippen LogP contribution in [0.5, 0.6) is 11.5 Å². The Labute approximate surface area is 111 Å². The molecule has 3 N–H and O–H groups in total. The minimum atomic E-state index is -0.475. The fourth-order valence-electron chi connectivity index (χ4n) is 1.90. The van der Waals surface area contributed by atoms with Gasteiger partial charge in [-0.05, 0) is 25.1 Å². The lowest BCUT2D eigenvalue weighted by molar-refractivity contribution is 0.276. The number of aliphatic hydroxyl groups is 1. The van der Waals surface area contributed by atoms with Crippen molar-refractivity contribution in [3.05, 3.63) is 59.4 Å². The van der Waals surface area contributed by atoms with Gasteiger partial charge in [0.1, 0.15) is 17.3 Å². The van der Waals surface area contributed by atoms with E-state index in [0.29, 0.717) is 22.6 Å². The summed E-state index contributed by atoms with van der Waals surface area (Å²) in [4.78, 5) is 0. The van der Waals surface area contributed by atoms with Gasteiger partial charge in [-0.2, -0.15) is 0 Å². The second-order valence-corrected chi connectivity index (χ2v) is 4.31. The SMILES string of the molecule is C[C@@H](N)c1c(F)cccc1Oc1ccccc1CO. The zero-order valence-corrected chi connectivity index (χ0v) is 10.6. The first-order valence-corrected chi connectivity index (χ1v) is 6.04. The standard InChI is InChI=1S/C15H16FNO2/c1-10(17)15-12(16)6-4-8-14(15)19-13-7-3-2-5-11(13)9-18/h2-8,10,18H,9,17H2,1H3/t10-/m1/s1. The van der Waals surface area contributed by atoms with Crippen molar-refractivity contribution in [2.24, 2.45) is 5.73 Å². The third kappa shape index (κ3) is 2.92. The average Bonchev–Trinajstić information content (AvgIpc) is 2.39. The lowest BCUT2D eigenvalue weighted by atomic mass is 10.1. The number of rotatable bonds is 4. The van der Waals surface area contributed by atoms with Gasteiger partial charge in [0.25, 0.3) is 0 Å². The molecule has 2 rings (SSSR count). The summed E-state index contributed by atoms with van der Waals surface area (Å²) < 4.78 is 19.5. The topological polar surface area (TPSA) is 55.5 Å². The van der Waals surface area contributed by atoms with Crippen molar-refractivity contribution in [2.45, 2.75) is 19.6 Å². The molecule has 0 radical (unpaired) electrons. The van der Waals surface area contributed by atoms with Gasteiger partial charge >= 0.3 is 0 Å². The van der Waals surface area contributed by atoms with Crippen LogP contribution in [0.2, 0.25) is 0 Å². The van der Waals surface area contributed by atoms with E-state index in [9.17, 15) is 9.50 Å². The van der Waals surface area contributed by atoms with E-state index in [1.165, 1.54) is 6.07 Å². The average molecular weight is 261 g/mol. The molecular weight excluding hydrogens is 245 g/mol. The highest BCUT2D eigenvalue weighted by atomic mass is 19.1. The van der Waals surface area contributed by atoms with Gasteiger partial charge in [0.2, 0.25) is 0 Å². The predicted molar refractivity (Wildman–Crippen MR) is 71.4 cm³/mol. The Morgan fingerprint density at radius 2 is 1.84 bits per heavy atom. The molecule has 0 spiro atoms. The fraction of sp³-hybridized carbons (Fsp3) is 0.200. The summed E-state index contributed by atoms with van der Waals surface area (Å²) in [5, 5.41) is 9.25. The van der Waals surface area contributed by atoms with E-state index < -0.39 is 11.9 Å². The van der Waals surface area contributed by atoms with Crippen molar-refractivity contribution < 1.29 is 14.2 Å². The maximum Gasteiger partial charge on any atom is 0.135 e. The molecule has 4 heteroatoms. The van der Waals surface area contributed by atoms with Gasteiger partial charge in [0.15, 0.2) is 0 Å². The van der Waals surface area contributed by atoms with Gasteiger partial charge in [-0.3, -0.25) is 0 Å². The molecule has 3 nitrogen and oxygen atoms in total. The van der Waals surface area contributed by atoms with E-state index in [0.717, 1.165) is 0 Å². The quantitative estimate of drug-likeness (QED) is 0.889. The van der Waals surface area contributed by atoms with Crippen molar-refractivity contribution in [3.8, 4) is 11.5 Å². The highest BCUT2D eigenvalue weighted by Crippen LogP contribution is 2.32. The number of nitrogens with two attached hydrogens (primary N) is 1. The molecule has 0 fully saturated rings. The van der Waals surface area contributed by atoms with E-state index in [4.69, 9.17) is 10.5 Å². The molecule has 0 unspecified atom stereocenters. The van der Waals surface area contributed by atoms with Gasteiger partial charge in [-0.1, -0.05) is 24.3 Å². The molecule has 100 valence electrons. The van der Waals surface area contributed by atoms with Crippen LogP contribution in [-0.2, 0) is 6.61 Å². The molecule has 0 bridgehead atoms. The first-order chi connectivity index (χ1) is 9.13. The van der Waals surface area contributed by atoms with Gasteiger partial charge < -0.3 is 15.6 Å². The van der Waals surface area contributed by atoms with Gasteiger partial charge in [-0.15, -0.1) is 0 Å². The van der Waals surface area contributed by atoms with Crippen molar-refractivity contribution >= 4 is 0 Å². The Morgan fingerprint density at radius 1 is 1.16 bits per heavy atom. The van der Waals surface area contributed by atoms with Crippen LogP contribution >= 0.6 is 0 Å². The number of halogens is 1. The van der Waals surface area contributed by atoms with E-state index in [1.807, 2.05) is 0 Å². The van der Waals surface area contributed by atoms with E-state index in [-0.39, 0.29) is 6.61 Å². The molecule has 0 saturated carbocycles. The van der Waals surface area contributed by atoms with E-state index >= 15 is 0 Å². The summed E-state index contributed by atoms with van der Waals surface area (Å²) in [5.41, 5.74) is 6.74. The molecular formula is C15H16FNO2. The molecule has 0 aliphatic carbocycles. The van der Waals surface area contributed by atoms with Crippen LogP contribution in [0.25, 0.3) is 0 Å². The van der Waals surface area contributed by atoms with Crippen LogP contribution < -0.4 is 10.5 Å². The zero-order chi connectivity index (χ0) is 13.8. The van der Waals surface area contributed by atoms with Crippen molar-refractivity contribution in [1.29, 1.82) is 0 Å². The van der Waals surface area contributed by atoms with Crippen LogP contribution in [0.1, 0.15) is 24.1 Å². The summed E-state index contributed by atoms with van der Waals surface area (Å²) in [6.45, 7) is 1.56. The Hall–Kier alpha value is -1.91. The van der Waals surface area contributed by atoms with Gasteiger partial charge in [0.05, 0.1) is 6.61 Å². The Bertz CT molecular complexity index is 570. The molecule has 0 aliphatic rings. The summed E-state index contributed by atoms with van der Waals surface area (Å²) >= 11 is 0. The largest absolute Gasteiger partial charge is 0.457 e. The minimum absolute atomic E-state index is 0.140. The predicted octanol–water partition coefficient (Wildman–Crippen LogP) is 3.13. The first-order valence-electron chi connectivity index (χ1n) is 6.04. The number of para-hydroxylation sites is 1. The van der Waals surface area contributed by atoms with Crippen molar-refractivity contribution in [2.75, 3.05) is 0 Å². The number of benzene rings is 2. The molecule has 2 aromatic carbocycles. The molecule has 0 saturated heterocycles. The van der Waals surface area contributed by atoms with Crippen LogP contribution in [0.4, 0.5) is 4.39 Å². The first kappa shape index (κ1) is 13.5. The molecule has 0 amide bonds. The Balaban J connectivity index is 2.41. The fourth-order valence-corrected chi connectivity index (χ4v) is 1.90. The van der Waals surface area contributed by atoms with Crippen LogP contribution in [0.15, 0.2) is 42.5 Å². The zero-order valence-electron chi connectivity index (χ0n) is 10.6. The molecule has 2 aromatic rings. The minimum Gasteiger partial charge on any atom is -0.457 e. The molecule has 0 aliphatic heterocycles. The maximum absolute atomic E-state index is 13.8. The lowest BCUT2D eigenvalue weighted by Crippen LogP contribution is -2.09. The molecule has 19 heavy (non-hydrogen) atoms. The highest BCUT2D eigenvalue weighted by Gasteiger charge is 2.15. The molecule has 1 atom stereocenters. The summed E-state index contributed by atoms with van der Waals surface area (Å²) in [6, 6.07) is 11.2. The summed E-state index contributed by atoms with van der Waals surface area (Å²) in [7, 11) is 0. The number of ether oxygens (including phenoxy) is 1. The number of hydrogen-bond donors (Lipinski definition) is 2. The monoisotopic (exact) mass is 261 g/mol. The normalized spacial score (nSPS) is 12.2. The third-order valence-corrected chi connectivity index (χ3v) is 2.83. The summed E-state index contributed by atoms with van der Waals surface area (Å²) in [6.07, 6.45) is 0. The molecule has 0 aromatic heterocycles. The van der Waals surface area contributed by atoms with Crippen molar-refractivity contribution in [3.63, 3.8) is 0 Å². The summed E-state index contributed by atoms with van der Waals surface area (Å²) in [5.74, 6) is 0.474. The lowest BCUT2D eigenvalue weighted by Gasteiger charge is -2.16. The van der Waals surface area contributed by atoms with Crippen LogP contribution in [-0.4, -0.2) is 5.11 Å². The third-order valence-electron chi connectivity index (χ3n) is 2.83. The number of aliphatic hydroxyl groups excluding tert-OH is 1. The van der Waals surface area contributed by atoms with E-state index in [1.54, 1.807) is 43.3 Å². The second-order valence-electron chi connectivity index (χ2n) is 4.31. The highest BCUT2D eigenvalue weighted by molar-refractivity contribution is 5.42. The van der Waals surface area contributed by atoms with Crippen molar-refractivity contribution in [1.82, 2.24) is 0 Å².